The molecule has 3 aromatic rings. The van der Waals surface area contributed by atoms with Gasteiger partial charge in [-0.15, -0.1) is 11.3 Å². The first-order chi connectivity index (χ1) is 11.7. The largest absolute Gasteiger partial charge is 0.378 e. The maximum atomic E-state index is 5.43. The lowest BCUT2D eigenvalue weighted by molar-refractivity contribution is 0.122. The number of morpholine rings is 1. The third-order valence-electron chi connectivity index (χ3n) is 4.13. The van der Waals surface area contributed by atoms with E-state index in [0.717, 1.165) is 59.8 Å². The van der Waals surface area contributed by atoms with Crippen molar-refractivity contribution in [2.75, 3.05) is 31.2 Å². The predicted octanol–water partition coefficient (Wildman–Crippen LogP) is 3.78. The molecular formula is C17H18N4OS2. The molecule has 0 aliphatic carbocycles. The molecule has 0 amide bonds. The monoisotopic (exact) mass is 358 g/mol. The number of rotatable bonds is 3. The molecule has 5 nitrogen and oxygen atoms in total. The van der Waals surface area contributed by atoms with Gasteiger partial charge in [0.25, 0.3) is 0 Å². The summed E-state index contributed by atoms with van der Waals surface area (Å²) < 4.78 is 5.43. The molecule has 1 fully saturated rings. The highest BCUT2D eigenvalue weighted by molar-refractivity contribution is 7.15. The van der Waals surface area contributed by atoms with Gasteiger partial charge in [0, 0.05) is 29.7 Å². The van der Waals surface area contributed by atoms with E-state index in [1.165, 1.54) is 4.88 Å². The van der Waals surface area contributed by atoms with Crippen LogP contribution in [0.2, 0.25) is 0 Å². The normalized spacial score (nSPS) is 15.0. The van der Waals surface area contributed by atoms with Crippen molar-refractivity contribution < 1.29 is 4.74 Å². The van der Waals surface area contributed by atoms with E-state index < -0.39 is 0 Å². The Hall–Kier alpha value is -1.83. The number of thiophene rings is 1. The number of hydrogen-bond acceptors (Lipinski definition) is 7. The van der Waals surface area contributed by atoms with Crippen LogP contribution in [-0.4, -0.2) is 41.3 Å². The first-order valence-corrected chi connectivity index (χ1v) is 9.65. The number of ether oxygens (including phenoxy) is 1. The topological polar surface area (TPSA) is 51.1 Å². The molecule has 0 atom stereocenters. The van der Waals surface area contributed by atoms with E-state index in [1.807, 2.05) is 13.1 Å². The average molecular weight is 358 g/mol. The lowest BCUT2D eigenvalue weighted by atomic mass is 10.1. The molecule has 0 saturated carbocycles. The number of aryl methyl sites for hydroxylation is 2. The second-order valence-corrected chi connectivity index (χ2v) is 7.69. The number of thiazole rings is 1. The highest BCUT2D eigenvalue weighted by Gasteiger charge is 2.20. The summed E-state index contributed by atoms with van der Waals surface area (Å²) in [6.07, 6.45) is 1.93. The average Bonchev–Trinajstić information content (AvgIpc) is 3.26. The molecule has 4 rings (SSSR count). The summed E-state index contributed by atoms with van der Waals surface area (Å²) in [5.74, 6) is 0.762. The predicted molar refractivity (Wildman–Crippen MR) is 99.0 cm³/mol. The van der Waals surface area contributed by atoms with Crippen LogP contribution < -0.4 is 4.90 Å². The van der Waals surface area contributed by atoms with Gasteiger partial charge in [0.15, 0.2) is 0 Å². The zero-order valence-corrected chi connectivity index (χ0v) is 15.3. The van der Waals surface area contributed by atoms with E-state index in [9.17, 15) is 0 Å². The van der Waals surface area contributed by atoms with E-state index in [-0.39, 0.29) is 0 Å². The van der Waals surface area contributed by atoms with Gasteiger partial charge >= 0.3 is 0 Å². The Morgan fingerprint density at radius 3 is 2.67 bits per heavy atom. The molecule has 7 heteroatoms. The minimum Gasteiger partial charge on any atom is -0.378 e. The van der Waals surface area contributed by atoms with Crippen molar-refractivity contribution in [2.24, 2.45) is 0 Å². The molecule has 24 heavy (non-hydrogen) atoms. The molecule has 0 N–H and O–H groups in total. The number of nitrogens with zero attached hydrogens (tertiary/aromatic N) is 4. The lowest BCUT2D eigenvalue weighted by Gasteiger charge is -2.27. The quantitative estimate of drug-likeness (QED) is 0.713. The molecule has 0 spiro atoms. The van der Waals surface area contributed by atoms with Crippen LogP contribution in [0.3, 0.4) is 0 Å². The van der Waals surface area contributed by atoms with Gasteiger partial charge in [-0.2, -0.15) is 11.3 Å². The van der Waals surface area contributed by atoms with Crippen molar-refractivity contribution in [1.29, 1.82) is 0 Å². The van der Waals surface area contributed by atoms with Gasteiger partial charge < -0.3 is 9.64 Å². The number of anilines is 1. The maximum Gasteiger partial charge on any atom is 0.226 e. The zero-order chi connectivity index (χ0) is 16.5. The number of aromatic nitrogens is 3. The highest BCUT2D eigenvalue weighted by Crippen LogP contribution is 2.35. The first kappa shape index (κ1) is 15.7. The molecule has 0 unspecified atom stereocenters. The molecule has 4 heterocycles. The van der Waals surface area contributed by atoms with E-state index in [1.54, 1.807) is 22.7 Å². The number of hydrogen-bond donors (Lipinski definition) is 0. The standard InChI is InChI=1S/C17H18N4OS2/c1-11-12(2)24-16(19-11)15-14(13-3-8-23-10-13)9-18-17(20-15)21-4-6-22-7-5-21/h3,8-10H,4-7H2,1-2H3. The second-order valence-electron chi connectivity index (χ2n) is 5.70. The molecule has 1 aliphatic heterocycles. The van der Waals surface area contributed by atoms with Crippen molar-refractivity contribution >= 4 is 28.6 Å². The summed E-state index contributed by atoms with van der Waals surface area (Å²) >= 11 is 3.37. The van der Waals surface area contributed by atoms with Gasteiger partial charge in [-0.25, -0.2) is 15.0 Å². The van der Waals surface area contributed by atoms with Gasteiger partial charge in [-0.1, -0.05) is 0 Å². The summed E-state index contributed by atoms with van der Waals surface area (Å²) in [6, 6.07) is 2.11. The van der Waals surface area contributed by atoms with Gasteiger partial charge in [-0.3, -0.25) is 0 Å². The minimum atomic E-state index is 0.723. The van der Waals surface area contributed by atoms with Gasteiger partial charge in [0.2, 0.25) is 5.95 Å². The Kier molecular flexibility index (Phi) is 4.30. The fourth-order valence-electron chi connectivity index (χ4n) is 2.65. The summed E-state index contributed by atoms with van der Waals surface area (Å²) in [6.45, 7) is 7.25. The van der Waals surface area contributed by atoms with E-state index in [2.05, 4.69) is 33.6 Å². The molecule has 0 radical (unpaired) electrons. The SMILES string of the molecule is Cc1nc(-c2nc(N3CCOCC3)ncc2-c2ccsc2)sc1C. The van der Waals surface area contributed by atoms with Crippen molar-refractivity contribution in [2.45, 2.75) is 13.8 Å². The molecular weight excluding hydrogens is 340 g/mol. The van der Waals surface area contributed by atoms with Crippen LogP contribution in [0.5, 0.6) is 0 Å². The zero-order valence-electron chi connectivity index (χ0n) is 13.7. The van der Waals surface area contributed by atoms with Crippen LogP contribution >= 0.6 is 22.7 Å². The minimum absolute atomic E-state index is 0.723. The van der Waals surface area contributed by atoms with E-state index in [4.69, 9.17) is 14.7 Å². The third kappa shape index (κ3) is 2.94. The van der Waals surface area contributed by atoms with Crippen molar-refractivity contribution in [3.05, 3.63) is 33.6 Å². The van der Waals surface area contributed by atoms with Crippen LogP contribution in [0.25, 0.3) is 21.8 Å². The molecule has 1 saturated heterocycles. The first-order valence-electron chi connectivity index (χ1n) is 7.89. The molecule has 1 aliphatic rings. The Labute approximate surface area is 149 Å². The summed E-state index contributed by atoms with van der Waals surface area (Å²) in [4.78, 5) is 17.6. The van der Waals surface area contributed by atoms with E-state index in [0.29, 0.717) is 0 Å². The molecule has 0 bridgehead atoms. The summed E-state index contributed by atoms with van der Waals surface area (Å²) in [7, 11) is 0. The fraction of sp³-hybridized carbons (Fsp3) is 0.353. The van der Waals surface area contributed by atoms with Gasteiger partial charge in [0.1, 0.15) is 10.7 Å². The Morgan fingerprint density at radius 2 is 2.00 bits per heavy atom. The van der Waals surface area contributed by atoms with Crippen LogP contribution in [0, 0.1) is 13.8 Å². The van der Waals surface area contributed by atoms with Crippen LogP contribution in [0.1, 0.15) is 10.6 Å². The third-order valence-corrected chi connectivity index (χ3v) is 5.90. The molecule has 0 aromatic carbocycles. The summed E-state index contributed by atoms with van der Waals surface area (Å²) in [5, 5.41) is 5.17. The molecule has 3 aromatic heterocycles. The Morgan fingerprint density at radius 1 is 1.17 bits per heavy atom. The Balaban J connectivity index is 1.82. The van der Waals surface area contributed by atoms with E-state index >= 15 is 0 Å². The van der Waals surface area contributed by atoms with Crippen LogP contribution in [-0.2, 0) is 4.74 Å². The van der Waals surface area contributed by atoms with Crippen molar-refractivity contribution in [1.82, 2.24) is 15.0 Å². The maximum absolute atomic E-state index is 5.43. The van der Waals surface area contributed by atoms with Crippen LogP contribution in [0.4, 0.5) is 5.95 Å². The smallest absolute Gasteiger partial charge is 0.226 e. The lowest BCUT2D eigenvalue weighted by Crippen LogP contribution is -2.37. The molecule has 124 valence electrons. The van der Waals surface area contributed by atoms with Gasteiger partial charge in [0.05, 0.1) is 18.9 Å². The second kappa shape index (κ2) is 6.58. The fourth-order valence-corrected chi connectivity index (χ4v) is 4.23. The summed E-state index contributed by atoms with van der Waals surface area (Å²) in [5.41, 5.74) is 4.18. The Bertz CT molecular complexity index is 819. The highest BCUT2D eigenvalue weighted by atomic mass is 32.1. The van der Waals surface area contributed by atoms with Crippen LogP contribution in [0.15, 0.2) is 23.0 Å². The van der Waals surface area contributed by atoms with Gasteiger partial charge in [-0.05, 0) is 36.2 Å². The van der Waals surface area contributed by atoms with Crippen molar-refractivity contribution in [3.63, 3.8) is 0 Å². The van der Waals surface area contributed by atoms with Crippen molar-refractivity contribution in [3.8, 4) is 21.8 Å².